The van der Waals surface area contributed by atoms with E-state index in [-0.39, 0.29) is 11.8 Å². The van der Waals surface area contributed by atoms with Crippen LogP contribution in [-0.4, -0.2) is 16.1 Å². The third kappa shape index (κ3) is 4.98. The van der Waals surface area contributed by atoms with Gasteiger partial charge in [-0.1, -0.05) is 57.2 Å². The number of thiazole rings is 1. The van der Waals surface area contributed by atoms with Crippen LogP contribution in [0.15, 0.2) is 47.8 Å². The molecule has 0 spiro atoms. The summed E-state index contributed by atoms with van der Waals surface area (Å²) in [4.78, 5) is 15.2. The maximum absolute atomic E-state index is 10.8. The molecule has 28 heavy (non-hydrogen) atoms. The van der Waals surface area contributed by atoms with Gasteiger partial charge in [-0.25, -0.2) is 4.98 Å². The summed E-state index contributed by atoms with van der Waals surface area (Å²) in [7, 11) is 0. The average molecular weight is 396 g/mol. The second-order valence-corrected chi connectivity index (χ2v) is 8.81. The molecule has 0 bridgehead atoms. The minimum atomic E-state index is -0.866. The predicted molar refractivity (Wildman–Crippen MR) is 113 cm³/mol. The van der Waals surface area contributed by atoms with Crippen LogP contribution in [0.25, 0.3) is 10.6 Å². The highest BCUT2D eigenvalue weighted by Gasteiger charge is 2.19. The molecular formula is C23H25NO3S. The smallest absolute Gasteiger partial charge is 0.309 e. The van der Waals surface area contributed by atoms with Gasteiger partial charge in [-0.3, -0.25) is 4.79 Å². The highest BCUT2D eigenvalue weighted by molar-refractivity contribution is 7.13. The van der Waals surface area contributed by atoms with Crippen molar-refractivity contribution in [1.82, 2.24) is 4.98 Å². The van der Waals surface area contributed by atoms with Crippen LogP contribution >= 0.6 is 11.3 Å². The van der Waals surface area contributed by atoms with E-state index >= 15 is 0 Å². The molecule has 4 nitrogen and oxygen atoms in total. The Morgan fingerprint density at radius 3 is 2.50 bits per heavy atom. The standard InChI is InChI=1S/C23H25NO3S/c1-15-5-10-19(23(2,3)4)20(11-15)27-13-16-6-8-17(9-7-16)22-24-18(14-28-22)12-21(25)26/h5-11,14H,12-13H2,1-4H3,(H,25,26). The topological polar surface area (TPSA) is 59.4 Å². The lowest BCUT2D eigenvalue weighted by molar-refractivity contribution is -0.136. The van der Waals surface area contributed by atoms with E-state index in [1.165, 1.54) is 22.5 Å². The molecule has 3 aromatic rings. The fraction of sp³-hybridized carbons (Fsp3) is 0.304. The normalized spacial score (nSPS) is 11.4. The van der Waals surface area contributed by atoms with E-state index in [4.69, 9.17) is 9.84 Å². The van der Waals surface area contributed by atoms with Crippen molar-refractivity contribution in [3.05, 3.63) is 70.2 Å². The summed E-state index contributed by atoms with van der Waals surface area (Å²) in [5.74, 6) is 0.0601. The van der Waals surface area contributed by atoms with Gasteiger partial charge in [0.2, 0.25) is 0 Å². The monoisotopic (exact) mass is 395 g/mol. The van der Waals surface area contributed by atoms with Crippen molar-refractivity contribution in [1.29, 1.82) is 0 Å². The number of aryl methyl sites for hydroxylation is 1. The zero-order valence-electron chi connectivity index (χ0n) is 16.7. The Kier molecular flexibility index (Phi) is 5.84. The number of hydrogen-bond acceptors (Lipinski definition) is 4. The molecule has 0 amide bonds. The van der Waals surface area contributed by atoms with Gasteiger partial charge in [-0.2, -0.15) is 0 Å². The number of ether oxygens (including phenoxy) is 1. The quantitative estimate of drug-likeness (QED) is 0.588. The maximum Gasteiger partial charge on any atom is 0.309 e. The summed E-state index contributed by atoms with van der Waals surface area (Å²) in [6.45, 7) is 9.12. The number of nitrogens with zero attached hydrogens (tertiary/aromatic N) is 1. The van der Waals surface area contributed by atoms with Crippen molar-refractivity contribution >= 4 is 17.3 Å². The first-order valence-electron chi connectivity index (χ1n) is 9.22. The molecule has 146 valence electrons. The average Bonchev–Trinajstić information content (AvgIpc) is 3.07. The van der Waals surface area contributed by atoms with Gasteiger partial charge in [-0.05, 0) is 35.1 Å². The van der Waals surface area contributed by atoms with Crippen molar-refractivity contribution in [3.63, 3.8) is 0 Å². The zero-order chi connectivity index (χ0) is 20.3. The van der Waals surface area contributed by atoms with E-state index in [1.807, 2.05) is 24.3 Å². The number of rotatable bonds is 6. The Labute approximate surface area is 169 Å². The molecule has 0 radical (unpaired) electrons. The van der Waals surface area contributed by atoms with Gasteiger partial charge in [0.15, 0.2) is 0 Å². The number of carboxylic acid groups (broad SMARTS) is 1. The SMILES string of the molecule is Cc1ccc(C(C)(C)C)c(OCc2ccc(-c3nc(CC(=O)O)cs3)cc2)c1. The number of hydrogen-bond donors (Lipinski definition) is 1. The van der Waals surface area contributed by atoms with Crippen molar-refractivity contribution in [2.45, 2.75) is 46.1 Å². The van der Waals surface area contributed by atoms with Crippen LogP contribution in [0, 0.1) is 6.92 Å². The largest absolute Gasteiger partial charge is 0.489 e. The van der Waals surface area contributed by atoms with Crippen LogP contribution in [0.3, 0.4) is 0 Å². The van der Waals surface area contributed by atoms with E-state index in [0.29, 0.717) is 12.3 Å². The van der Waals surface area contributed by atoms with E-state index in [9.17, 15) is 4.79 Å². The van der Waals surface area contributed by atoms with Crippen LogP contribution in [0.2, 0.25) is 0 Å². The number of carboxylic acids is 1. The maximum atomic E-state index is 10.8. The van der Waals surface area contributed by atoms with Crippen LogP contribution in [0.4, 0.5) is 0 Å². The third-order valence-electron chi connectivity index (χ3n) is 4.42. The van der Waals surface area contributed by atoms with E-state index in [0.717, 1.165) is 21.9 Å². The Hall–Kier alpha value is -2.66. The highest BCUT2D eigenvalue weighted by atomic mass is 32.1. The number of aliphatic carboxylic acids is 1. The van der Waals surface area contributed by atoms with Gasteiger partial charge < -0.3 is 9.84 Å². The first kappa shape index (κ1) is 20.1. The fourth-order valence-electron chi connectivity index (χ4n) is 2.95. The summed E-state index contributed by atoms with van der Waals surface area (Å²) >= 11 is 1.46. The molecule has 0 saturated carbocycles. The lowest BCUT2D eigenvalue weighted by Crippen LogP contribution is -2.13. The summed E-state index contributed by atoms with van der Waals surface area (Å²) in [6.07, 6.45) is -0.0466. The molecular weight excluding hydrogens is 370 g/mol. The third-order valence-corrected chi connectivity index (χ3v) is 5.36. The van der Waals surface area contributed by atoms with Crippen LogP contribution in [0.5, 0.6) is 5.75 Å². The Bertz CT molecular complexity index is 968. The number of aromatic nitrogens is 1. The Balaban J connectivity index is 1.71. The van der Waals surface area contributed by atoms with Gasteiger partial charge in [0.1, 0.15) is 17.4 Å². The summed E-state index contributed by atoms with van der Waals surface area (Å²) in [5.41, 5.74) is 5.05. The predicted octanol–water partition coefficient (Wildman–Crippen LogP) is 5.62. The number of carbonyl (C=O) groups is 1. The van der Waals surface area contributed by atoms with Crippen molar-refractivity contribution < 1.29 is 14.6 Å². The molecule has 0 saturated heterocycles. The molecule has 0 unspecified atom stereocenters. The molecule has 0 atom stereocenters. The summed E-state index contributed by atoms with van der Waals surface area (Å²) in [6, 6.07) is 14.4. The minimum absolute atomic E-state index is 0.0192. The Morgan fingerprint density at radius 2 is 1.86 bits per heavy atom. The van der Waals surface area contributed by atoms with E-state index in [2.05, 4.69) is 50.9 Å². The molecule has 0 fully saturated rings. The summed E-state index contributed by atoms with van der Waals surface area (Å²) in [5, 5.41) is 11.5. The minimum Gasteiger partial charge on any atom is -0.489 e. The van der Waals surface area contributed by atoms with Gasteiger partial charge in [-0.15, -0.1) is 11.3 Å². The van der Waals surface area contributed by atoms with Crippen molar-refractivity contribution in [2.24, 2.45) is 0 Å². The molecule has 1 aromatic heterocycles. The second-order valence-electron chi connectivity index (χ2n) is 7.95. The van der Waals surface area contributed by atoms with Gasteiger partial charge in [0.25, 0.3) is 0 Å². The van der Waals surface area contributed by atoms with Crippen LogP contribution in [-0.2, 0) is 23.2 Å². The molecule has 5 heteroatoms. The first-order valence-corrected chi connectivity index (χ1v) is 10.1. The molecule has 0 aliphatic carbocycles. The van der Waals surface area contributed by atoms with Crippen molar-refractivity contribution in [2.75, 3.05) is 0 Å². The van der Waals surface area contributed by atoms with E-state index < -0.39 is 5.97 Å². The molecule has 1 N–H and O–H groups in total. The van der Waals surface area contributed by atoms with Gasteiger partial charge in [0.05, 0.1) is 12.1 Å². The number of benzene rings is 2. The molecule has 1 heterocycles. The lowest BCUT2D eigenvalue weighted by atomic mass is 9.86. The van der Waals surface area contributed by atoms with Crippen molar-refractivity contribution in [3.8, 4) is 16.3 Å². The molecule has 2 aromatic carbocycles. The summed E-state index contributed by atoms with van der Waals surface area (Å²) < 4.78 is 6.15. The Morgan fingerprint density at radius 1 is 1.14 bits per heavy atom. The van der Waals surface area contributed by atoms with Crippen LogP contribution < -0.4 is 4.74 Å². The van der Waals surface area contributed by atoms with Crippen LogP contribution in [0.1, 0.15) is 43.2 Å². The second kappa shape index (κ2) is 8.15. The molecule has 0 aliphatic heterocycles. The lowest BCUT2D eigenvalue weighted by Gasteiger charge is -2.23. The highest BCUT2D eigenvalue weighted by Crippen LogP contribution is 2.32. The first-order chi connectivity index (χ1) is 13.2. The molecule has 0 aliphatic rings. The van der Waals surface area contributed by atoms with Gasteiger partial charge in [0, 0.05) is 10.9 Å². The fourth-order valence-corrected chi connectivity index (χ4v) is 3.77. The van der Waals surface area contributed by atoms with E-state index in [1.54, 1.807) is 5.38 Å². The van der Waals surface area contributed by atoms with Gasteiger partial charge >= 0.3 is 5.97 Å². The molecule has 3 rings (SSSR count). The zero-order valence-corrected chi connectivity index (χ0v) is 17.5.